The number of nitrogens with one attached hydrogen (secondary N) is 1. The van der Waals surface area contributed by atoms with Crippen LogP contribution < -0.4 is 11.1 Å². The van der Waals surface area contributed by atoms with Crippen LogP contribution in [0.25, 0.3) is 0 Å². The minimum atomic E-state index is -1.11. The number of hydrogen-bond acceptors (Lipinski definition) is 7. The van der Waals surface area contributed by atoms with Gasteiger partial charge in [0.25, 0.3) is 0 Å². The maximum atomic E-state index is 11.2. The molecule has 1 saturated carbocycles. The van der Waals surface area contributed by atoms with Gasteiger partial charge in [-0.15, -0.1) is 23.5 Å². The molecule has 27 heavy (non-hydrogen) atoms. The van der Waals surface area contributed by atoms with Gasteiger partial charge < -0.3 is 11.1 Å². The highest BCUT2D eigenvalue weighted by molar-refractivity contribution is 8.18. The standard InChI is InChI=1S/C19H21N5OS2/c1-4-26-19(27-5-2)18(11-21)15(17(18,10-20)16(22)24-19)13-6-8-14(9-7-13)23-12(3)25/h6-9,15H,4-5H2,1-3H3,(H2,22,24)(H,23,25)/t15-,17-,18+/m0/s1. The second-order valence-corrected chi connectivity index (χ2v) is 9.69. The van der Waals surface area contributed by atoms with Gasteiger partial charge in [-0.1, -0.05) is 26.0 Å². The van der Waals surface area contributed by atoms with Gasteiger partial charge in [-0.3, -0.25) is 4.79 Å². The number of benzene rings is 1. The summed E-state index contributed by atoms with van der Waals surface area (Å²) in [7, 11) is 0. The number of nitrogens with zero attached hydrogens (tertiary/aromatic N) is 3. The number of amides is 1. The zero-order chi connectivity index (χ0) is 19.9. The zero-order valence-corrected chi connectivity index (χ0v) is 17.1. The molecule has 1 aliphatic carbocycles. The molecule has 1 aliphatic heterocycles. The molecule has 0 saturated heterocycles. The van der Waals surface area contributed by atoms with E-state index in [4.69, 9.17) is 5.73 Å². The summed E-state index contributed by atoms with van der Waals surface area (Å²) in [6, 6.07) is 12.1. The van der Waals surface area contributed by atoms with Gasteiger partial charge in [0.1, 0.15) is 16.7 Å². The number of thioether (sulfide) groups is 2. The van der Waals surface area contributed by atoms with Crippen LogP contribution in [-0.2, 0) is 4.79 Å². The third-order valence-electron chi connectivity index (χ3n) is 5.17. The van der Waals surface area contributed by atoms with Gasteiger partial charge >= 0.3 is 0 Å². The van der Waals surface area contributed by atoms with E-state index in [2.05, 4.69) is 22.4 Å². The average Bonchev–Trinajstić information content (AvgIpc) is 3.21. The molecule has 0 spiro atoms. The quantitative estimate of drug-likeness (QED) is 0.709. The molecule has 1 heterocycles. The second kappa shape index (κ2) is 6.78. The Morgan fingerprint density at radius 3 is 2.26 bits per heavy atom. The summed E-state index contributed by atoms with van der Waals surface area (Å²) < 4.78 is -0.786. The van der Waals surface area contributed by atoms with E-state index >= 15 is 0 Å². The Labute approximate surface area is 167 Å². The van der Waals surface area contributed by atoms with Crippen molar-refractivity contribution in [1.29, 1.82) is 10.5 Å². The predicted molar refractivity (Wildman–Crippen MR) is 110 cm³/mol. The molecule has 3 atom stereocenters. The molecule has 1 amide bonds. The number of aliphatic imine (C=N–C) groups is 1. The van der Waals surface area contributed by atoms with Crippen LogP contribution >= 0.6 is 23.5 Å². The van der Waals surface area contributed by atoms with Gasteiger partial charge in [-0.2, -0.15) is 10.5 Å². The molecule has 3 N–H and O–H groups in total. The number of carbonyl (C=O) groups excluding carboxylic acids is 1. The maximum Gasteiger partial charge on any atom is 0.221 e. The zero-order valence-electron chi connectivity index (χ0n) is 15.4. The summed E-state index contributed by atoms with van der Waals surface area (Å²) in [5.74, 6) is 1.29. The Bertz CT molecular complexity index is 879. The lowest BCUT2D eigenvalue weighted by Gasteiger charge is -2.31. The first-order chi connectivity index (χ1) is 12.9. The lowest BCUT2D eigenvalue weighted by atomic mass is 9.97. The Balaban J connectivity index is 2.10. The Morgan fingerprint density at radius 1 is 1.22 bits per heavy atom. The van der Waals surface area contributed by atoms with Gasteiger partial charge in [0.2, 0.25) is 5.91 Å². The molecule has 3 rings (SSSR count). The minimum absolute atomic E-state index is 0.151. The Morgan fingerprint density at radius 2 is 1.81 bits per heavy atom. The van der Waals surface area contributed by atoms with Crippen molar-refractivity contribution < 1.29 is 4.79 Å². The van der Waals surface area contributed by atoms with E-state index in [0.29, 0.717) is 5.69 Å². The van der Waals surface area contributed by atoms with Crippen molar-refractivity contribution >= 4 is 41.0 Å². The summed E-state index contributed by atoms with van der Waals surface area (Å²) in [6.07, 6.45) is 0. The summed E-state index contributed by atoms with van der Waals surface area (Å²) in [5, 5.41) is 23.1. The minimum Gasteiger partial charge on any atom is -0.386 e. The van der Waals surface area contributed by atoms with Gasteiger partial charge in [0.15, 0.2) is 4.20 Å². The van der Waals surface area contributed by atoms with E-state index < -0.39 is 15.0 Å². The molecular weight excluding hydrogens is 378 g/mol. The van der Waals surface area contributed by atoms with Crippen molar-refractivity contribution in [1.82, 2.24) is 0 Å². The van der Waals surface area contributed by atoms with E-state index in [9.17, 15) is 15.3 Å². The molecule has 8 heteroatoms. The van der Waals surface area contributed by atoms with Gasteiger partial charge in [0.05, 0.1) is 12.1 Å². The molecule has 0 unspecified atom stereocenters. The van der Waals surface area contributed by atoms with Crippen LogP contribution in [0.3, 0.4) is 0 Å². The van der Waals surface area contributed by atoms with Gasteiger partial charge in [-0.25, -0.2) is 4.99 Å². The van der Waals surface area contributed by atoms with E-state index in [0.717, 1.165) is 17.1 Å². The van der Waals surface area contributed by atoms with E-state index in [1.165, 1.54) is 6.92 Å². The highest BCUT2D eigenvalue weighted by Crippen LogP contribution is 2.85. The topological polar surface area (TPSA) is 115 Å². The molecule has 1 aromatic rings. The van der Waals surface area contributed by atoms with Crippen molar-refractivity contribution in [3.63, 3.8) is 0 Å². The molecule has 0 radical (unpaired) electrons. The Hall–Kier alpha value is -2.16. The normalized spacial score (nSPS) is 29.8. The molecule has 6 nitrogen and oxygen atoms in total. The molecule has 1 fully saturated rings. The number of amidine groups is 1. The number of rotatable bonds is 6. The first-order valence-electron chi connectivity index (χ1n) is 8.72. The lowest BCUT2D eigenvalue weighted by Crippen LogP contribution is -2.31. The molecule has 0 bridgehead atoms. The molecule has 0 aromatic heterocycles. The number of fused-ring (bicyclic) bond motifs is 1. The first kappa shape index (κ1) is 19.6. The SMILES string of the molecule is CCSC1(SCC)N=C(N)[C@]2(C#N)[C@H](c3ccc(NC(C)=O)cc3)[C@@]12C#N. The summed E-state index contributed by atoms with van der Waals surface area (Å²) in [4.78, 5) is 15.9. The first-order valence-corrected chi connectivity index (χ1v) is 10.7. The number of nitrogens with two attached hydrogens (primary N) is 1. The van der Waals surface area contributed by atoms with E-state index in [1.54, 1.807) is 35.7 Å². The van der Waals surface area contributed by atoms with Crippen molar-refractivity contribution in [2.75, 3.05) is 16.8 Å². The van der Waals surface area contributed by atoms with Crippen LogP contribution in [0, 0.1) is 33.5 Å². The Kier molecular flexibility index (Phi) is 4.92. The fourth-order valence-corrected chi connectivity index (χ4v) is 7.46. The smallest absolute Gasteiger partial charge is 0.221 e. The summed E-state index contributed by atoms with van der Waals surface area (Å²) in [6.45, 7) is 5.49. The van der Waals surface area contributed by atoms with Crippen molar-refractivity contribution in [2.24, 2.45) is 21.6 Å². The third kappa shape index (κ3) is 2.40. The van der Waals surface area contributed by atoms with Crippen LogP contribution in [0.2, 0.25) is 0 Å². The maximum absolute atomic E-state index is 11.2. The van der Waals surface area contributed by atoms with Crippen LogP contribution in [0.4, 0.5) is 5.69 Å². The van der Waals surface area contributed by atoms with Crippen molar-refractivity contribution in [2.45, 2.75) is 30.9 Å². The average molecular weight is 400 g/mol. The van der Waals surface area contributed by atoms with E-state index in [1.807, 2.05) is 26.0 Å². The second-order valence-electron chi connectivity index (χ2n) is 6.52. The number of nitriles is 2. The summed E-state index contributed by atoms with van der Waals surface area (Å²) in [5.41, 5.74) is 5.70. The van der Waals surface area contributed by atoms with Gasteiger partial charge in [-0.05, 0) is 29.2 Å². The van der Waals surface area contributed by atoms with E-state index in [-0.39, 0.29) is 17.7 Å². The molecule has 140 valence electrons. The number of carbonyl (C=O) groups is 1. The molecule has 1 aromatic carbocycles. The van der Waals surface area contributed by atoms with Crippen LogP contribution in [0.1, 0.15) is 32.3 Å². The van der Waals surface area contributed by atoms with Crippen LogP contribution in [0.5, 0.6) is 0 Å². The van der Waals surface area contributed by atoms with Crippen molar-refractivity contribution in [3.8, 4) is 12.1 Å². The van der Waals surface area contributed by atoms with Gasteiger partial charge in [0, 0.05) is 18.5 Å². The molecule has 2 aliphatic rings. The fraction of sp³-hybridized carbons (Fsp3) is 0.474. The van der Waals surface area contributed by atoms with Crippen molar-refractivity contribution in [3.05, 3.63) is 29.8 Å². The summed E-state index contributed by atoms with van der Waals surface area (Å²) >= 11 is 3.15. The highest BCUT2D eigenvalue weighted by Gasteiger charge is 2.91. The van der Waals surface area contributed by atoms with Crippen LogP contribution in [-0.4, -0.2) is 27.5 Å². The van der Waals surface area contributed by atoms with Crippen LogP contribution in [0.15, 0.2) is 29.3 Å². The number of hydrogen-bond donors (Lipinski definition) is 2. The predicted octanol–water partition coefficient (Wildman–Crippen LogP) is 3.29. The highest BCUT2D eigenvalue weighted by atomic mass is 32.2. The fourth-order valence-electron chi connectivity index (χ4n) is 4.21. The lowest BCUT2D eigenvalue weighted by molar-refractivity contribution is -0.114. The number of anilines is 1. The third-order valence-corrected chi connectivity index (χ3v) is 8.07. The molecular formula is C19H21N5OS2. The monoisotopic (exact) mass is 399 g/mol. The largest absolute Gasteiger partial charge is 0.386 e.